The van der Waals surface area contributed by atoms with Crippen molar-refractivity contribution in [2.75, 3.05) is 0 Å². The van der Waals surface area contributed by atoms with E-state index < -0.39 is 14.9 Å². The van der Waals surface area contributed by atoms with E-state index in [1.54, 1.807) is 6.20 Å². The Morgan fingerprint density at radius 2 is 1.60 bits per heavy atom. The van der Waals surface area contributed by atoms with Crippen LogP contribution in [0.3, 0.4) is 0 Å². The number of benzene rings is 4. The molecule has 3 heterocycles. The predicted octanol–water partition coefficient (Wildman–Crippen LogP) is 8.00. The third kappa shape index (κ3) is 3.76. The number of hydrogen-bond acceptors (Lipinski definition) is 3. The molecule has 4 nitrogen and oxygen atoms in total. The number of aryl methyl sites for hydroxylation is 3. The minimum absolute atomic E-state index is 0.430. The molecule has 0 saturated carbocycles. The average molecular weight is 542 g/mol. The molecule has 7 rings (SSSR count). The van der Waals surface area contributed by atoms with Crippen LogP contribution in [0, 0.1) is 13.8 Å². The van der Waals surface area contributed by atoms with E-state index >= 15 is 0 Å². The van der Waals surface area contributed by atoms with E-state index in [1.165, 1.54) is 0 Å². The van der Waals surface area contributed by atoms with Gasteiger partial charge in [0.25, 0.3) is 0 Å². The first-order valence-electron chi connectivity index (χ1n) is 15.1. The number of rotatable bonds is 3. The summed E-state index contributed by atoms with van der Waals surface area (Å²) in [5.74, 6) is 0.688. The highest BCUT2D eigenvalue weighted by molar-refractivity contribution is 6.89. The predicted molar refractivity (Wildman–Crippen MR) is 169 cm³/mol. The average Bonchev–Trinajstić information content (AvgIpc) is 3.35. The smallest absolute Gasteiger partial charge is 0.216 e. The van der Waals surface area contributed by atoms with Crippen LogP contribution in [0.5, 0.6) is 0 Å². The van der Waals surface area contributed by atoms with Crippen LogP contribution in [0.2, 0.25) is 19.6 Å². The molecule has 4 aromatic carbocycles. The van der Waals surface area contributed by atoms with Crippen LogP contribution in [0.15, 0.2) is 89.6 Å². The van der Waals surface area contributed by atoms with Gasteiger partial charge in [-0.2, -0.15) is 0 Å². The van der Waals surface area contributed by atoms with Crippen molar-refractivity contribution in [1.82, 2.24) is 9.97 Å². The Bertz CT molecular complexity index is 2230. The highest BCUT2D eigenvalue weighted by Gasteiger charge is 2.27. The number of hydrogen-bond donors (Lipinski definition) is 0. The molecule has 0 bridgehead atoms. The van der Waals surface area contributed by atoms with Crippen LogP contribution in [-0.2, 0) is 7.05 Å². The molecular weight excluding hydrogens is 506 g/mol. The summed E-state index contributed by atoms with van der Waals surface area (Å²) < 4.78 is 33.5. The largest absolute Gasteiger partial charge is 0.454 e. The van der Waals surface area contributed by atoms with Gasteiger partial charge in [0.05, 0.1) is 19.2 Å². The molecule has 0 radical (unpaired) electrons. The van der Waals surface area contributed by atoms with Gasteiger partial charge in [0.15, 0.2) is 12.0 Å². The van der Waals surface area contributed by atoms with E-state index in [0.717, 1.165) is 71.2 Å². The maximum Gasteiger partial charge on any atom is 0.216 e. The number of nitrogens with zero attached hydrogens (tertiary/aromatic N) is 3. The second-order valence-electron chi connectivity index (χ2n) is 11.7. The van der Waals surface area contributed by atoms with Crippen molar-refractivity contribution >= 4 is 56.9 Å². The van der Waals surface area contributed by atoms with Gasteiger partial charge in [0.1, 0.15) is 18.2 Å². The second kappa shape index (κ2) is 8.83. The molecule has 0 amide bonds. The fourth-order valence-electron chi connectivity index (χ4n) is 5.88. The minimum atomic E-state index is -2.19. The van der Waals surface area contributed by atoms with Gasteiger partial charge in [-0.15, -0.1) is 0 Å². The van der Waals surface area contributed by atoms with Gasteiger partial charge in [0.2, 0.25) is 5.69 Å². The monoisotopic (exact) mass is 541 g/mol. The van der Waals surface area contributed by atoms with Crippen LogP contribution >= 0.6 is 0 Å². The molecule has 0 fully saturated rings. The van der Waals surface area contributed by atoms with Crippen molar-refractivity contribution in [2.45, 2.75) is 33.4 Å². The topological polar surface area (TPSA) is 42.8 Å². The molecule has 0 atom stereocenters. The summed E-state index contributed by atoms with van der Waals surface area (Å²) >= 11 is 0. The van der Waals surface area contributed by atoms with E-state index in [0.29, 0.717) is 11.4 Å². The van der Waals surface area contributed by atoms with Gasteiger partial charge in [0, 0.05) is 49.0 Å². The van der Waals surface area contributed by atoms with Crippen molar-refractivity contribution in [1.29, 1.82) is 0 Å². The van der Waals surface area contributed by atoms with E-state index in [2.05, 4.69) is 63.0 Å². The van der Waals surface area contributed by atoms with Gasteiger partial charge >= 0.3 is 0 Å². The number of furan rings is 1. The molecule has 0 unspecified atom stereocenters. The van der Waals surface area contributed by atoms with Crippen LogP contribution in [0.1, 0.15) is 15.2 Å². The highest BCUT2D eigenvalue weighted by atomic mass is 28.3. The quantitative estimate of drug-likeness (QED) is 0.129. The summed E-state index contributed by atoms with van der Waals surface area (Å²) in [6.07, 6.45) is 3.70. The van der Waals surface area contributed by atoms with E-state index in [9.17, 15) is 0 Å². The Balaban J connectivity index is 1.52. The zero-order valence-electron chi connectivity index (χ0n) is 26.3. The first-order valence-corrected chi connectivity index (χ1v) is 17.1. The van der Waals surface area contributed by atoms with E-state index in [4.69, 9.17) is 18.5 Å². The Morgan fingerprint density at radius 1 is 0.850 bits per heavy atom. The zero-order valence-corrected chi connectivity index (χ0v) is 24.3. The second-order valence-corrected chi connectivity index (χ2v) is 16.7. The standard InChI is InChI=1S/C35H32N3OSi/c1-21-12-15-25-26-16-13-23-14-17-28-27(19-36-35(37-28)24-10-8-7-9-11-24)32(23)34(26)39-33(25)31(21)29-18-30(40(4,5)6)22(2)20-38(29)3/h7-20H,1-6H3/q+1/i2D3. The highest BCUT2D eigenvalue weighted by Crippen LogP contribution is 2.41. The molecule has 5 heteroatoms. The van der Waals surface area contributed by atoms with Crippen LogP contribution in [0.25, 0.3) is 66.3 Å². The lowest BCUT2D eigenvalue weighted by Gasteiger charge is -2.19. The van der Waals surface area contributed by atoms with Crippen LogP contribution in [0.4, 0.5) is 0 Å². The first kappa shape index (κ1) is 21.5. The fraction of sp³-hybridized carbons (Fsp3) is 0.171. The Hall–Kier alpha value is -4.35. The third-order valence-corrected chi connectivity index (χ3v) is 9.96. The summed E-state index contributed by atoms with van der Waals surface area (Å²) in [5, 5.41) is 5.97. The van der Waals surface area contributed by atoms with Gasteiger partial charge in [-0.05, 0) is 42.0 Å². The van der Waals surface area contributed by atoms with Gasteiger partial charge < -0.3 is 4.42 Å². The molecule has 0 aliphatic carbocycles. The van der Waals surface area contributed by atoms with Crippen LogP contribution < -0.4 is 9.75 Å². The lowest BCUT2D eigenvalue weighted by Crippen LogP contribution is -2.44. The Kier molecular flexibility index (Phi) is 4.74. The molecule has 0 spiro atoms. The molecule has 0 aliphatic rings. The van der Waals surface area contributed by atoms with Crippen molar-refractivity contribution < 1.29 is 13.1 Å². The molecule has 40 heavy (non-hydrogen) atoms. The Labute approximate surface area is 239 Å². The maximum absolute atomic E-state index is 8.23. The summed E-state index contributed by atoms with van der Waals surface area (Å²) in [4.78, 5) is 9.65. The minimum Gasteiger partial charge on any atom is -0.454 e. The maximum atomic E-state index is 8.23. The Morgan fingerprint density at radius 3 is 2.38 bits per heavy atom. The number of aromatic nitrogens is 3. The lowest BCUT2D eigenvalue weighted by atomic mass is 9.99. The van der Waals surface area contributed by atoms with Crippen molar-refractivity contribution in [2.24, 2.45) is 7.05 Å². The molecule has 3 aromatic heterocycles. The molecular formula is C35H32N3OSi+. The zero-order chi connectivity index (χ0) is 30.3. The van der Waals surface area contributed by atoms with Gasteiger partial charge in [-0.1, -0.05) is 74.2 Å². The van der Waals surface area contributed by atoms with Crippen molar-refractivity contribution in [3.05, 3.63) is 96.3 Å². The van der Waals surface area contributed by atoms with E-state index in [1.807, 2.05) is 54.2 Å². The summed E-state index contributed by atoms with van der Waals surface area (Å²) in [6, 6.07) is 24.7. The molecule has 7 aromatic rings. The summed E-state index contributed by atoms with van der Waals surface area (Å²) in [7, 11) is -0.0848. The third-order valence-electron chi connectivity index (χ3n) is 7.93. The normalized spacial score (nSPS) is 13.7. The molecule has 0 saturated heterocycles. The molecule has 196 valence electrons. The SMILES string of the molecule is [2H]C([2H])([2H])c1c[n+](C)c(-c2c(C)ccc3c2oc2c3ccc3ccc4nc(-c5ccccc5)ncc4c32)cc1[Si](C)(C)C. The first-order chi connectivity index (χ1) is 20.4. The summed E-state index contributed by atoms with van der Waals surface area (Å²) in [6.45, 7) is 6.48. The lowest BCUT2D eigenvalue weighted by molar-refractivity contribution is -0.660. The van der Waals surface area contributed by atoms with Crippen LogP contribution in [-0.4, -0.2) is 18.0 Å². The van der Waals surface area contributed by atoms with Gasteiger partial charge in [-0.25, -0.2) is 14.5 Å². The fourth-order valence-corrected chi connectivity index (χ4v) is 7.32. The van der Waals surface area contributed by atoms with Crippen molar-refractivity contribution in [3.8, 4) is 22.6 Å². The van der Waals surface area contributed by atoms with E-state index in [-0.39, 0.29) is 0 Å². The summed E-state index contributed by atoms with van der Waals surface area (Å²) in [5.41, 5.74) is 6.84. The van der Waals surface area contributed by atoms with Crippen molar-refractivity contribution in [3.63, 3.8) is 0 Å². The number of fused-ring (bicyclic) bond motifs is 7. The molecule has 0 aliphatic heterocycles. The van der Waals surface area contributed by atoms with Gasteiger partial charge in [-0.3, -0.25) is 0 Å². The number of pyridine rings is 1. The molecule has 0 N–H and O–H groups in total.